The minimum absolute atomic E-state index is 0.104. The first-order chi connectivity index (χ1) is 14.6. The van der Waals surface area contributed by atoms with Gasteiger partial charge in [0.05, 0.1) is 5.69 Å². The molecule has 1 heterocycles. The van der Waals surface area contributed by atoms with Crippen LogP contribution in [0.15, 0.2) is 89.1 Å². The number of benzene rings is 3. The lowest BCUT2D eigenvalue weighted by atomic mass is 10.1. The Morgan fingerprint density at radius 1 is 1.00 bits per heavy atom. The average molecular weight is 432 g/mol. The molecular weight excluding hydrogens is 410 g/mol. The summed E-state index contributed by atoms with van der Waals surface area (Å²) in [6, 6.07) is 25.5. The maximum atomic E-state index is 13.2. The van der Waals surface area contributed by atoms with Crippen molar-refractivity contribution in [3.05, 3.63) is 95.4 Å². The number of carbonyl (C=O) groups is 1. The number of nitrogens with two attached hydrogens (primary N) is 1. The molecule has 6 heteroatoms. The van der Waals surface area contributed by atoms with E-state index in [0.717, 1.165) is 21.7 Å². The van der Waals surface area contributed by atoms with Crippen LogP contribution in [-0.4, -0.2) is 10.9 Å². The van der Waals surface area contributed by atoms with Crippen LogP contribution in [0.5, 0.6) is 0 Å². The standard InChI is InChI=1S/C24H21N3OS2/c1-16-7-9-17(10-8-16)21-15-29-24(26-21)27-23(28)22(18-5-3-2-4-6-18)30-20-13-11-19(25)12-14-20/h2-15,22H,25H2,1H3,(H,26,27,28). The first kappa shape index (κ1) is 20.2. The molecule has 1 amide bonds. The number of thiazole rings is 1. The molecule has 0 bridgehead atoms. The molecule has 0 spiro atoms. The number of aromatic nitrogens is 1. The van der Waals surface area contributed by atoms with Crippen molar-refractivity contribution < 1.29 is 4.79 Å². The monoisotopic (exact) mass is 431 g/mol. The lowest BCUT2D eigenvalue weighted by Gasteiger charge is -2.16. The fourth-order valence-electron chi connectivity index (χ4n) is 2.94. The van der Waals surface area contributed by atoms with Gasteiger partial charge >= 0.3 is 0 Å². The molecule has 30 heavy (non-hydrogen) atoms. The number of amides is 1. The zero-order valence-corrected chi connectivity index (χ0v) is 18.0. The van der Waals surface area contributed by atoms with Crippen LogP contribution in [0, 0.1) is 6.92 Å². The molecule has 4 aromatic rings. The van der Waals surface area contributed by atoms with E-state index >= 15 is 0 Å². The quantitative estimate of drug-likeness (QED) is 0.283. The van der Waals surface area contributed by atoms with Gasteiger partial charge in [0.25, 0.3) is 0 Å². The Morgan fingerprint density at radius 2 is 1.70 bits per heavy atom. The van der Waals surface area contributed by atoms with E-state index in [4.69, 9.17) is 5.73 Å². The van der Waals surface area contributed by atoms with Crippen LogP contribution in [0.4, 0.5) is 10.8 Å². The fraction of sp³-hybridized carbons (Fsp3) is 0.0833. The summed E-state index contributed by atoms with van der Waals surface area (Å²) in [5.74, 6) is -0.104. The van der Waals surface area contributed by atoms with Gasteiger partial charge in [0.15, 0.2) is 5.13 Å². The Balaban J connectivity index is 1.54. The van der Waals surface area contributed by atoms with Gasteiger partial charge in [0.1, 0.15) is 5.25 Å². The summed E-state index contributed by atoms with van der Waals surface area (Å²) in [5.41, 5.74) is 10.5. The fourth-order valence-corrected chi connectivity index (χ4v) is 4.69. The summed E-state index contributed by atoms with van der Waals surface area (Å²) in [6.45, 7) is 2.05. The number of nitrogens with zero attached hydrogens (tertiary/aromatic N) is 1. The van der Waals surface area contributed by atoms with Crippen molar-refractivity contribution in [1.29, 1.82) is 0 Å². The van der Waals surface area contributed by atoms with E-state index in [1.807, 2.05) is 72.1 Å². The maximum Gasteiger partial charge on any atom is 0.244 e. The molecule has 150 valence electrons. The molecule has 4 nitrogen and oxygen atoms in total. The second kappa shape index (κ2) is 9.15. The van der Waals surface area contributed by atoms with Crippen molar-refractivity contribution in [3.8, 4) is 11.3 Å². The van der Waals surface area contributed by atoms with Crippen LogP contribution in [0.2, 0.25) is 0 Å². The molecule has 0 saturated carbocycles. The molecule has 0 aliphatic heterocycles. The summed E-state index contributed by atoms with van der Waals surface area (Å²) in [6.07, 6.45) is 0. The number of hydrogen-bond donors (Lipinski definition) is 2. The van der Waals surface area contributed by atoms with Gasteiger partial charge < -0.3 is 11.1 Å². The molecule has 0 aliphatic rings. The van der Waals surface area contributed by atoms with E-state index in [9.17, 15) is 4.79 Å². The molecular formula is C24H21N3OS2. The summed E-state index contributed by atoms with van der Waals surface area (Å²) in [5, 5.41) is 5.15. The van der Waals surface area contributed by atoms with Crippen molar-refractivity contribution >= 4 is 39.8 Å². The third-order valence-electron chi connectivity index (χ3n) is 4.56. The number of hydrogen-bond acceptors (Lipinski definition) is 5. The van der Waals surface area contributed by atoms with Gasteiger partial charge in [0, 0.05) is 21.5 Å². The number of aryl methyl sites for hydroxylation is 1. The molecule has 0 saturated heterocycles. The second-order valence-electron chi connectivity index (χ2n) is 6.87. The van der Waals surface area contributed by atoms with E-state index < -0.39 is 5.25 Å². The number of carbonyl (C=O) groups excluding carboxylic acids is 1. The predicted octanol–water partition coefficient (Wildman–Crippen LogP) is 6.17. The second-order valence-corrected chi connectivity index (χ2v) is 8.91. The first-order valence-corrected chi connectivity index (χ1v) is 11.2. The Hall–Kier alpha value is -3.09. The van der Waals surface area contributed by atoms with Crippen LogP contribution in [0.1, 0.15) is 16.4 Å². The summed E-state index contributed by atoms with van der Waals surface area (Å²) in [4.78, 5) is 18.8. The number of anilines is 2. The first-order valence-electron chi connectivity index (χ1n) is 9.49. The van der Waals surface area contributed by atoms with Gasteiger partial charge in [0.2, 0.25) is 5.91 Å². The lowest BCUT2D eigenvalue weighted by molar-refractivity contribution is -0.115. The smallest absolute Gasteiger partial charge is 0.244 e. The van der Waals surface area contributed by atoms with E-state index in [-0.39, 0.29) is 5.91 Å². The van der Waals surface area contributed by atoms with E-state index in [0.29, 0.717) is 10.8 Å². The number of rotatable bonds is 6. The predicted molar refractivity (Wildman–Crippen MR) is 127 cm³/mol. The van der Waals surface area contributed by atoms with Crippen LogP contribution < -0.4 is 11.1 Å². The van der Waals surface area contributed by atoms with E-state index in [1.165, 1.54) is 28.7 Å². The molecule has 1 unspecified atom stereocenters. The van der Waals surface area contributed by atoms with Gasteiger partial charge in [-0.05, 0) is 36.8 Å². The van der Waals surface area contributed by atoms with Gasteiger partial charge in [-0.1, -0.05) is 60.2 Å². The highest BCUT2D eigenvalue weighted by Gasteiger charge is 2.23. The van der Waals surface area contributed by atoms with Crippen molar-refractivity contribution in [2.24, 2.45) is 0 Å². The molecule has 1 aromatic heterocycles. The third-order valence-corrected chi connectivity index (χ3v) is 6.58. The normalized spacial score (nSPS) is 11.8. The van der Waals surface area contributed by atoms with Crippen LogP contribution in [-0.2, 0) is 4.79 Å². The summed E-state index contributed by atoms with van der Waals surface area (Å²) >= 11 is 2.92. The largest absolute Gasteiger partial charge is 0.399 e. The van der Waals surface area contributed by atoms with E-state index in [2.05, 4.69) is 29.4 Å². The Labute approximate surface area is 184 Å². The molecule has 0 fully saturated rings. The highest BCUT2D eigenvalue weighted by Crippen LogP contribution is 2.37. The highest BCUT2D eigenvalue weighted by atomic mass is 32.2. The number of nitrogens with one attached hydrogen (secondary N) is 1. The molecule has 0 aliphatic carbocycles. The SMILES string of the molecule is Cc1ccc(-c2csc(NC(=O)C(Sc3ccc(N)cc3)c3ccccc3)n2)cc1. The van der Waals surface area contributed by atoms with Crippen LogP contribution in [0.25, 0.3) is 11.3 Å². The van der Waals surface area contributed by atoms with Crippen molar-refractivity contribution in [2.75, 3.05) is 11.1 Å². The van der Waals surface area contributed by atoms with Crippen LogP contribution >= 0.6 is 23.1 Å². The van der Waals surface area contributed by atoms with E-state index in [1.54, 1.807) is 0 Å². The summed E-state index contributed by atoms with van der Waals surface area (Å²) < 4.78 is 0. The Morgan fingerprint density at radius 3 is 2.40 bits per heavy atom. The molecule has 3 aromatic carbocycles. The molecule has 0 radical (unpaired) electrons. The van der Waals surface area contributed by atoms with Gasteiger partial charge in [-0.25, -0.2) is 4.98 Å². The molecule has 3 N–H and O–H groups in total. The minimum Gasteiger partial charge on any atom is -0.399 e. The third kappa shape index (κ3) is 4.90. The average Bonchev–Trinajstić information content (AvgIpc) is 3.22. The Kier molecular flexibility index (Phi) is 6.16. The minimum atomic E-state index is -0.401. The zero-order valence-electron chi connectivity index (χ0n) is 16.4. The highest BCUT2D eigenvalue weighted by molar-refractivity contribution is 8.00. The zero-order chi connectivity index (χ0) is 20.9. The Bertz CT molecular complexity index is 1120. The van der Waals surface area contributed by atoms with Gasteiger partial charge in [-0.15, -0.1) is 23.1 Å². The maximum absolute atomic E-state index is 13.2. The summed E-state index contributed by atoms with van der Waals surface area (Å²) in [7, 11) is 0. The van der Waals surface area contributed by atoms with Crippen molar-refractivity contribution in [3.63, 3.8) is 0 Å². The van der Waals surface area contributed by atoms with Crippen molar-refractivity contribution in [2.45, 2.75) is 17.1 Å². The van der Waals surface area contributed by atoms with Crippen molar-refractivity contribution in [1.82, 2.24) is 4.98 Å². The number of nitrogen functional groups attached to an aromatic ring is 1. The van der Waals surface area contributed by atoms with Gasteiger partial charge in [-0.2, -0.15) is 0 Å². The topological polar surface area (TPSA) is 68.0 Å². The lowest BCUT2D eigenvalue weighted by Crippen LogP contribution is -2.18. The molecule has 4 rings (SSSR count). The number of thioether (sulfide) groups is 1. The van der Waals surface area contributed by atoms with Crippen LogP contribution in [0.3, 0.4) is 0 Å². The van der Waals surface area contributed by atoms with Gasteiger partial charge in [-0.3, -0.25) is 4.79 Å². The molecule has 1 atom stereocenters.